The van der Waals surface area contributed by atoms with Crippen molar-refractivity contribution in [3.63, 3.8) is 0 Å². The molecule has 1 saturated heterocycles. The molecule has 1 atom stereocenters. The second-order valence-corrected chi connectivity index (χ2v) is 6.75. The van der Waals surface area contributed by atoms with Gasteiger partial charge < -0.3 is 15.1 Å². The van der Waals surface area contributed by atoms with Crippen molar-refractivity contribution in [3.8, 4) is 11.3 Å². The summed E-state index contributed by atoms with van der Waals surface area (Å²) in [5, 5.41) is 5.69. The smallest absolute Gasteiger partial charge is 0.237 e. The van der Waals surface area contributed by atoms with Crippen LogP contribution >= 0.6 is 0 Å². The Morgan fingerprint density at radius 3 is 2.77 bits per heavy atom. The molecule has 1 fully saturated rings. The third kappa shape index (κ3) is 4.32. The summed E-state index contributed by atoms with van der Waals surface area (Å²) in [4.78, 5) is 26.5. The number of rotatable bonds is 6. The average molecular weight is 355 g/mol. The van der Waals surface area contributed by atoms with Crippen LogP contribution < -0.4 is 10.6 Å². The molecule has 2 aromatic rings. The van der Waals surface area contributed by atoms with Gasteiger partial charge in [-0.25, -0.2) is 0 Å². The predicted molar refractivity (Wildman–Crippen MR) is 99.2 cm³/mol. The largest absolute Gasteiger partial charge is 0.459 e. The zero-order chi connectivity index (χ0) is 18.5. The van der Waals surface area contributed by atoms with Crippen LogP contribution in [0.2, 0.25) is 0 Å². The van der Waals surface area contributed by atoms with E-state index >= 15 is 0 Å². The van der Waals surface area contributed by atoms with Crippen LogP contribution in [0.5, 0.6) is 0 Å². The molecule has 0 saturated carbocycles. The first-order chi connectivity index (χ1) is 12.5. The molecule has 0 aliphatic carbocycles. The maximum atomic E-state index is 12.3. The van der Waals surface area contributed by atoms with E-state index in [0.717, 1.165) is 17.9 Å². The maximum absolute atomic E-state index is 12.3. The van der Waals surface area contributed by atoms with Crippen molar-refractivity contribution in [2.24, 2.45) is 0 Å². The molecule has 1 aliphatic rings. The molecule has 0 unspecified atom stereocenters. The quantitative estimate of drug-likeness (QED) is 0.833. The van der Waals surface area contributed by atoms with E-state index in [2.05, 4.69) is 15.5 Å². The number of nitrogens with one attached hydrogen (secondary N) is 2. The van der Waals surface area contributed by atoms with E-state index in [-0.39, 0.29) is 24.3 Å². The van der Waals surface area contributed by atoms with E-state index in [0.29, 0.717) is 18.8 Å². The van der Waals surface area contributed by atoms with Gasteiger partial charge in [-0.2, -0.15) is 0 Å². The fourth-order valence-corrected chi connectivity index (χ4v) is 3.22. The average Bonchev–Trinajstić information content (AvgIpc) is 3.11. The van der Waals surface area contributed by atoms with Crippen molar-refractivity contribution in [2.45, 2.75) is 38.9 Å². The zero-order valence-electron chi connectivity index (χ0n) is 15.2. The Morgan fingerprint density at radius 2 is 2.04 bits per heavy atom. The Bertz CT molecular complexity index is 755. The van der Waals surface area contributed by atoms with Gasteiger partial charge in [0.2, 0.25) is 11.8 Å². The van der Waals surface area contributed by atoms with Crippen LogP contribution in [0, 0.1) is 0 Å². The van der Waals surface area contributed by atoms with Gasteiger partial charge in [0.1, 0.15) is 11.5 Å². The third-order valence-corrected chi connectivity index (χ3v) is 4.59. The molecule has 0 bridgehead atoms. The summed E-state index contributed by atoms with van der Waals surface area (Å²) < 4.78 is 5.79. The lowest BCUT2D eigenvalue weighted by Crippen LogP contribution is -2.58. The molecule has 0 spiro atoms. The highest BCUT2D eigenvalue weighted by molar-refractivity contribution is 5.88. The van der Waals surface area contributed by atoms with Gasteiger partial charge in [0.25, 0.3) is 0 Å². The lowest BCUT2D eigenvalue weighted by atomic mass is 10.1. The van der Waals surface area contributed by atoms with E-state index in [1.165, 1.54) is 0 Å². The van der Waals surface area contributed by atoms with E-state index in [1.54, 1.807) is 0 Å². The van der Waals surface area contributed by atoms with Crippen molar-refractivity contribution in [3.05, 3.63) is 48.2 Å². The first-order valence-corrected chi connectivity index (χ1v) is 8.99. The Kier molecular flexibility index (Phi) is 5.73. The molecule has 26 heavy (non-hydrogen) atoms. The summed E-state index contributed by atoms with van der Waals surface area (Å²) in [5.41, 5.74) is 0.997. The number of amides is 2. The monoisotopic (exact) mass is 355 g/mol. The fraction of sp³-hybridized carbons (Fsp3) is 0.400. The summed E-state index contributed by atoms with van der Waals surface area (Å²) in [7, 11) is 0. The molecule has 138 valence electrons. The highest BCUT2D eigenvalue weighted by Gasteiger charge is 2.32. The zero-order valence-corrected chi connectivity index (χ0v) is 15.2. The van der Waals surface area contributed by atoms with Crippen molar-refractivity contribution in [2.75, 3.05) is 13.1 Å². The maximum Gasteiger partial charge on any atom is 0.237 e. The van der Waals surface area contributed by atoms with Gasteiger partial charge in [-0.05, 0) is 26.0 Å². The van der Waals surface area contributed by atoms with Gasteiger partial charge in [-0.3, -0.25) is 14.5 Å². The van der Waals surface area contributed by atoms with Crippen LogP contribution in [-0.4, -0.2) is 41.9 Å². The molecule has 6 heteroatoms. The van der Waals surface area contributed by atoms with Crippen molar-refractivity contribution >= 4 is 11.8 Å². The third-order valence-electron chi connectivity index (χ3n) is 4.59. The molecule has 2 heterocycles. The molecule has 2 N–H and O–H groups in total. The lowest BCUT2D eigenvalue weighted by molar-refractivity contribution is -0.134. The number of benzene rings is 1. The first kappa shape index (κ1) is 18.2. The minimum absolute atomic E-state index is 0.0792. The van der Waals surface area contributed by atoms with Crippen LogP contribution in [0.3, 0.4) is 0 Å². The van der Waals surface area contributed by atoms with Crippen molar-refractivity contribution in [1.29, 1.82) is 0 Å². The highest BCUT2D eigenvalue weighted by Crippen LogP contribution is 2.21. The Morgan fingerprint density at radius 1 is 1.27 bits per heavy atom. The van der Waals surface area contributed by atoms with Crippen LogP contribution in [0.25, 0.3) is 11.3 Å². The molecule has 2 amide bonds. The second-order valence-electron chi connectivity index (χ2n) is 6.75. The molecular weight excluding hydrogens is 330 g/mol. The van der Waals surface area contributed by atoms with Gasteiger partial charge in [-0.15, -0.1) is 0 Å². The number of carbonyl (C=O) groups excluding carboxylic acids is 2. The van der Waals surface area contributed by atoms with Crippen LogP contribution in [-0.2, 0) is 16.1 Å². The minimum atomic E-state index is -0.416. The van der Waals surface area contributed by atoms with Gasteiger partial charge in [-0.1, -0.05) is 30.3 Å². The van der Waals surface area contributed by atoms with Gasteiger partial charge in [0, 0.05) is 24.7 Å². The van der Waals surface area contributed by atoms with Crippen molar-refractivity contribution in [1.82, 2.24) is 15.5 Å². The summed E-state index contributed by atoms with van der Waals surface area (Å²) in [6, 6.07) is 13.4. The standard InChI is InChI=1S/C20H25N3O3/c1-14(2)23-11-10-21-20(25)17(23)12-19(24)22-13-16-8-9-18(26-16)15-6-4-3-5-7-15/h3-9,14,17H,10-13H2,1-2H3,(H,21,25)(H,22,24)/t17-/m0/s1. The number of piperazine rings is 1. The molecule has 0 radical (unpaired) electrons. The van der Waals surface area contributed by atoms with Gasteiger partial charge >= 0.3 is 0 Å². The molecule has 1 aliphatic heterocycles. The van der Waals surface area contributed by atoms with Gasteiger partial charge in [0.05, 0.1) is 19.0 Å². The highest BCUT2D eigenvalue weighted by atomic mass is 16.3. The summed E-state index contributed by atoms with van der Waals surface area (Å²) in [6.45, 7) is 5.78. The van der Waals surface area contributed by atoms with E-state index in [9.17, 15) is 9.59 Å². The molecule has 6 nitrogen and oxygen atoms in total. The number of carbonyl (C=O) groups is 2. The molecule has 1 aromatic heterocycles. The number of hydrogen-bond acceptors (Lipinski definition) is 4. The molecular formula is C20H25N3O3. The topological polar surface area (TPSA) is 74.6 Å². The number of hydrogen-bond donors (Lipinski definition) is 2. The number of nitrogens with zero attached hydrogens (tertiary/aromatic N) is 1. The minimum Gasteiger partial charge on any atom is -0.459 e. The summed E-state index contributed by atoms with van der Waals surface area (Å²) in [5.74, 6) is 1.22. The SMILES string of the molecule is CC(C)N1CCNC(=O)[C@@H]1CC(=O)NCc1ccc(-c2ccccc2)o1. The van der Waals surface area contributed by atoms with E-state index < -0.39 is 6.04 Å². The van der Waals surface area contributed by atoms with E-state index in [1.807, 2.05) is 56.3 Å². The van der Waals surface area contributed by atoms with E-state index in [4.69, 9.17) is 4.42 Å². The fourth-order valence-electron chi connectivity index (χ4n) is 3.22. The molecule has 3 rings (SSSR count). The van der Waals surface area contributed by atoms with Crippen LogP contribution in [0.4, 0.5) is 0 Å². The first-order valence-electron chi connectivity index (χ1n) is 8.99. The summed E-state index contributed by atoms with van der Waals surface area (Å²) in [6.07, 6.45) is 0.149. The number of furan rings is 1. The van der Waals surface area contributed by atoms with Crippen LogP contribution in [0.15, 0.2) is 46.9 Å². The normalized spacial score (nSPS) is 18.0. The van der Waals surface area contributed by atoms with Crippen molar-refractivity contribution < 1.29 is 14.0 Å². The summed E-state index contributed by atoms with van der Waals surface area (Å²) >= 11 is 0. The molecule has 1 aromatic carbocycles. The Labute approximate surface area is 153 Å². The Balaban J connectivity index is 1.55. The predicted octanol–water partition coefficient (Wildman–Crippen LogP) is 2.16. The lowest BCUT2D eigenvalue weighted by Gasteiger charge is -2.37. The Hall–Kier alpha value is -2.60. The second kappa shape index (κ2) is 8.19. The van der Waals surface area contributed by atoms with Crippen LogP contribution in [0.1, 0.15) is 26.0 Å². The van der Waals surface area contributed by atoms with Gasteiger partial charge in [0.15, 0.2) is 0 Å².